The van der Waals surface area contributed by atoms with Gasteiger partial charge in [-0.05, 0) is 38.5 Å². The van der Waals surface area contributed by atoms with Gasteiger partial charge in [-0.2, -0.15) is 0 Å². The summed E-state index contributed by atoms with van der Waals surface area (Å²) in [6.45, 7) is 9.35. The average molecular weight is 169 g/mol. The van der Waals surface area contributed by atoms with Gasteiger partial charge in [0.15, 0.2) is 0 Å². The van der Waals surface area contributed by atoms with Crippen LogP contribution in [0.25, 0.3) is 0 Å². The van der Waals surface area contributed by atoms with Crippen molar-refractivity contribution in [2.24, 2.45) is 5.92 Å². The highest BCUT2D eigenvalue weighted by Gasteiger charge is 2.24. The highest BCUT2D eigenvalue weighted by Crippen LogP contribution is 2.29. The molecule has 1 aliphatic rings. The molecule has 0 bridgehead atoms. The molecule has 12 heavy (non-hydrogen) atoms. The van der Waals surface area contributed by atoms with Gasteiger partial charge in [0.25, 0.3) is 0 Å². The van der Waals surface area contributed by atoms with Crippen LogP contribution in [-0.2, 0) is 4.74 Å². The van der Waals surface area contributed by atoms with E-state index >= 15 is 0 Å². The van der Waals surface area contributed by atoms with Crippen LogP contribution in [0.2, 0.25) is 0 Å². The summed E-state index contributed by atoms with van der Waals surface area (Å²) in [4.78, 5) is 0. The molecule has 1 saturated carbocycles. The molecular weight excluding hydrogens is 148 g/mol. The average Bonchev–Trinajstić information content (AvgIpc) is 2.01. The third-order valence-corrected chi connectivity index (χ3v) is 3.14. The molecule has 0 spiro atoms. The lowest BCUT2D eigenvalue weighted by Gasteiger charge is -2.32. The highest BCUT2D eigenvalue weighted by atomic mass is 16.5. The van der Waals surface area contributed by atoms with Crippen LogP contribution in [0.1, 0.15) is 46.0 Å². The van der Waals surface area contributed by atoms with Crippen molar-refractivity contribution >= 4 is 0 Å². The van der Waals surface area contributed by atoms with Crippen molar-refractivity contribution in [3.8, 4) is 0 Å². The number of hydrogen-bond donors (Lipinski definition) is 0. The van der Waals surface area contributed by atoms with Crippen LogP contribution in [0.15, 0.2) is 0 Å². The van der Waals surface area contributed by atoms with Crippen molar-refractivity contribution in [2.45, 2.75) is 51.6 Å². The normalized spacial score (nSPS) is 19.2. The van der Waals surface area contributed by atoms with E-state index in [0.29, 0.717) is 0 Å². The van der Waals surface area contributed by atoms with E-state index in [9.17, 15) is 0 Å². The standard InChI is InChI=1S/C11H21O/c1-4-11(3,5-2)12-9-10-7-6-8-10/h10H,3-9H2,1-2H3. The highest BCUT2D eigenvalue weighted by molar-refractivity contribution is 4.81. The van der Waals surface area contributed by atoms with Gasteiger partial charge < -0.3 is 4.74 Å². The van der Waals surface area contributed by atoms with Gasteiger partial charge in [0.2, 0.25) is 0 Å². The molecule has 0 aromatic rings. The summed E-state index contributed by atoms with van der Waals surface area (Å²) in [5, 5.41) is 0. The first kappa shape index (κ1) is 10.0. The first-order valence-corrected chi connectivity index (χ1v) is 5.19. The molecule has 0 N–H and O–H groups in total. The molecule has 0 saturated heterocycles. The van der Waals surface area contributed by atoms with Gasteiger partial charge in [-0.15, -0.1) is 0 Å². The maximum Gasteiger partial charge on any atom is 0.0678 e. The minimum absolute atomic E-state index is 0.102. The zero-order valence-corrected chi connectivity index (χ0v) is 8.44. The molecule has 0 heterocycles. The predicted molar refractivity (Wildman–Crippen MR) is 52.0 cm³/mol. The van der Waals surface area contributed by atoms with Crippen LogP contribution < -0.4 is 0 Å². The molecule has 1 radical (unpaired) electrons. The molecular formula is C11H21O. The zero-order valence-electron chi connectivity index (χ0n) is 8.44. The van der Waals surface area contributed by atoms with Gasteiger partial charge in [0.1, 0.15) is 0 Å². The number of hydrogen-bond acceptors (Lipinski definition) is 1. The van der Waals surface area contributed by atoms with Gasteiger partial charge in [0.05, 0.1) is 12.2 Å². The predicted octanol–water partition coefficient (Wildman–Crippen LogP) is 3.20. The maximum atomic E-state index is 5.82. The molecule has 0 aromatic carbocycles. The molecule has 71 valence electrons. The lowest BCUT2D eigenvalue weighted by molar-refractivity contribution is -0.0460. The Bertz CT molecular complexity index is 123. The third kappa shape index (κ3) is 2.48. The SMILES string of the molecule is [CH2]C(CC)(CC)OCC1CCC1. The van der Waals surface area contributed by atoms with Crippen molar-refractivity contribution in [1.29, 1.82) is 0 Å². The Kier molecular flexibility index (Phi) is 3.57. The number of rotatable bonds is 5. The minimum atomic E-state index is -0.102. The third-order valence-electron chi connectivity index (χ3n) is 3.14. The Balaban J connectivity index is 2.17. The Labute approximate surface area is 76.5 Å². The second-order valence-corrected chi connectivity index (χ2v) is 4.00. The summed E-state index contributed by atoms with van der Waals surface area (Å²) < 4.78 is 5.82. The fourth-order valence-electron chi connectivity index (χ4n) is 1.41. The molecule has 0 unspecified atom stereocenters. The fraction of sp³-hybridized carbons (Fsp3) is 0.909. The smallest absolute Gasteiger partial charge is 0.0678 e. The summed E-state index contributed by atoms with van der Waals surface area (Å²) in [5.41, 5.74) is -0.102. The fourth-order valence-corrected chi connectivity index (χ4v) is 1.41. The largest absolute Gasteiger partial charge is 0.375 e. The number of ether oxygens (including phenoxy) is 1. The quantitative estimate of drug-likeness (QED) is 0.614. The Morgan fingerprint density at radius 1 is 1.33 bits per heavy atom. The van der Waals surface area contributed by atoms with E-state index in [-0.39, 0.29) is 5.60 Å². The molecule has 1 nitrogen and oxygen atoms in total. The van der Waals surface area contributed by atoms with E-state index in [1.54, 1.807) is 0 Å². The summed E-state index contributed by atoms with van der Waals surface area (Å²) in [7, 11) is 0. The van der Waals surface area contributed by atoms with E-state index in [1.165, 1.54) is 19.3 Å². The molecule has 0 amide bonds. The Morgan fingerprint density at radius 2 is 1.92 bits per heavy atom. The van der Waals surface area contributed by atoms with Crippen LogP contribution in [0.4, 0.5) is 0 Å². The van der Waals surface area contributed by atoms with Gasteiger partial charge in [-0.25, -0.2) is 0 Å². The van der Waals surface area contributed by atoms with Crippen LogP contribution >= 0.6 is 0 Å². The second-order valence-electron chi connectivity index (χ2n) is 4.00. The van der Waals surface area contributed by atoms with Crippen molar-refractivity contribution in [3.05, 3.63) is 6.92 Å². The summed E-state index contributed by atoms with van der Waals surface area (Å²) in [6, 6.07) is 0. The lowest BCUT2D eigenvalue weighted by Crippen LogP contribution is -2.31. The lowest BCUT2D eigenvalue weighted by atomic mass is 9.86. The molecule has 1 aliphatic carbocycles. The summed E-state index contributed by atoms with van der Waals surface area (Å²) in [5.74, 6) is 0.837. The van der Waals surface area contributed by atoms with Gasteiger partial charge in [0, 0.05) is 0 Å². The first-order chi connectivity index (χ1) is 5.70. The summed E-state index contributed by atoms with van der Waals surface area (Å²) >= 11 is 0. The second kappa shape index (κ2) is 4.27. The molecule has 1 rings (SSSR count). The van der Waals surface area contributed by atoms with Crippen LogP contribution in [0.5, 0.6) is 0 Å². The zero-order chi connectivity index (χ0) is 9.03. The van der Waals surface area contributed by atoms with Gasteiger partial charge in [-0.1, -0.05) is 20.3 Å². The van der Waals surface area contributed by atoms with Crippen LogP contribution in [0.3, 0.4) is 0 Å². The maximum absolute atomic E-state index is 5.82. The minimum Gasteiger partial charge on any atom is -0.375 e. The van der Waals surface area contributed by atoms with Crippen molar-refractivity contribution < 1.29 is 4.74 Å². The monoisotopic (exact) mass is 169 g/mol. The van der Waals surface area contributed by atoms with Gasteiger partial charge in [-0.3, -0.25) is 0 Å². The molecule has 1 heteroatoms. The van der Waals surface area contributed by atoms with E-state index in [1.807, 2.05) is 0 Å². The van der Waals surface area contributed by atoms with Crippen molar-refractivity contribution in [2.75, 3.05) is 6.61 Å². The Morgan fingerprint density at radius 3 is 2.25 bits per heavy atom. The van der Waals surface area contributed by atoms with Crippen molar-refractivity contribution in [1.82, 2.24) is 0 Å². The van der Waals surface area contributed by atoms with Crippen LogP contribution in [0, 0.1) is 12.8 Å². The van der Waals surface area contributed by atoms with Crippen molar-refractivity contribution in [3.63, 3.8) is 0 Å². The molecule has 1 fully saturated rings. The molecule has 0 aromatic heterocycles. The first-order valence-electron chi connectivity index (χ1n) is 5.19. The van der Waals surface area contributed by atoms with Crippen LogP contribution in [-0.4, -0.2) is 12.2 Å². The van der Waals surface area contributed by atoms with E-state index in [4.69, 9.17) is 4.74 Å². The molecule has 0 atom stereocenters. The Hall–Kier alpha value is -0.0400. The topological polar surface area (TPSA) is 9.23 Å². The van der Waals surface area contributed by atoms with E-state index in [0.717, 1.165) is 25.4 Å². The van der Waals surface area contributed by atoms with E-state index in [2.05, 4.69) is 20.8 Å². The molecule has 0 aliphatic heterocycles. The van der Waals surface area contributed by atoms with E-state index < -0.39 is 0 Å². The summed E-state index contributed by atoms with van der Waals surface area (Å²) in [6.07, 6.45) is 6.18. The van der Waals surface area contributed by atoms with Gasteiger partial charge >= 0.3 is 0 Å².